The van der Waals surface area contributed by atoms with E-state index in [1.54, 1.807) is 0 Å². The first-order valence-corrected chi connectivity index (χ1v) is 9.04. The number of carbonyl (C=O) groups is 3. The van der Waals surface area contributed by atoms with Gasteiger partial charge in [-0.25, -0.2) is 0 Å². The summed E-state index contributed by atoms with van der Waals surface area (Å²) < 4.78 is 0. The first-order chi connectivity index (χ1) is 11.5. The summed E-state index contributed by atoms with van der Waals surface area (Å²) in [6.45, 7) is 10.2. The molecular formula is C18H36N4O3. The predicted molar refractivity (Wildman–Crippen MR) is 99.7 cm³/mol. The summed E-state index contributed by atoms with van der Waals surface area (Å²) in [5.74, 6) is -0.516. The van der Waals surface area contributed by atoms with Crippen LogP contribution in [0.15, 0.2) is 0 Å². The number of hydrogen-bond acceptors (Lipinski definition) is 4. The molecule has 0 heterocycles. The van der Waals surface area contributed by atoms with Gasteiger partial charge in [0.15, 0.2) is 0 Å². The number of amides is 3. The standard InChI is InChI=1S/C18H36N4O3/c1-12(2)11-13(21-14(23)9-7-8-10-19)16(24)22-15(17(25)20-6)18(3,4)5/h12-13,15H,7-11,19H2,1-6H3,(H,20,25)(H,21,23)(H,22,24)/t13-,15+/m0/s1. The molecule has 5 N–H and O–H groups in total. The fourth-order valence-electron chi connectivity index (χ4n) is 2.46. The average Bonchev–Trinajstić information content (AvgIpc) is 2.49. The number of nitrogens with one attached hydrogen (secondary N) is 3. The predicted octanol–water partition coefficient (Wildman–Crippen LogP) is 0.923. The number of carbonyl (C=O) groups excluding carboxylic acids is 3. The highest BCUT2D eigenvalue weighted by molar-refractivity contribution is 5.92. The highest BCUT2D eigenvalue weighted by atomic mass is 16.2. The van der Waals surface area contributed by atoms with Crippen molar-refractivity contribution in [2.45, 2.75) is 72.4 Å². The molecule has 0 saturated heterocycles. The van der Waals surface area contributed by atoms with Crippen molar-refractivity contribution in [3.05, 3.63) is 0 Å². The number of rotatable bonds is 10. The van der Waals surface area contributed by atoms with Crippen molar-refractivity contribution >= 4 is 17.7 Å². The lowest BCUT2D eigenvalue weighted by atomic mass is 9.85. The molecule has 3 amide bonds. The smallest absolute Gasteiger partial charge is 0.243 e. The molecule has 0 fully saturated rings. The van der Waals surface area contributed by atoms with E-state index in [2.05, 4.69) is 16.0 Å². The summed E-state index contributed by atoms with van der Waals surface area (Å²) in [6, 6.07) is -1.33. The number of hydrogen-bond donors (Lipinski definition) is 4. The van der Waals surface area contributed by atoms with Crippen LogP contribution in [-0.2, 0) is 14.4 Å². The summed E-state index contributed by atoms with van der Waals surface area (Å²) in [5.41, 5.74) is 4.99. The zero-order chi connectivity index (χ0) is 19.6. The summed E-state index contributed by atoms with van der Waals surface area (Å²) in [7, 11) is 1.54. The topological polar surface area (TPSA) is 113 Å². The van der Waals surface area contributed by atoms with Crippen molar-refractivity contribution in [3.63, 3.8) is 0 Å². The quantitative estimate of drug-likeness (QED) is 0.436. The van der Waals surface area contributed by atoms with Crippen molar-refractivity contribution in [2.75, 3.05) is 13.6 Å². The van der Waals surface area contributed by atoms with Gasteiger partial charge in [0, 0.05) is 13.5 Å². The van der Waals surface area contributed by atoms with Crippen molar-refractivity contribution in [2.24, 2.45) is 17.1 Å². The van der Waals surface area contributed by atoms with E-state index in [0.717, 1.165) is 6.42 Å². The lowest BCUT2D eigenvalue weighted by Crippen LogP contribution is -2.57. The maximum atomic E-state index is 12.7. The van der Waals surface area contributed by atoms with Gasteiger partial charge in [-0.15, -0.1) is 0 Å². The highest BCUT2D eigenvalue weighted by Crippen LogP contribution is 2.20. The van der Waals surface area contributed by atoms with E-state index in [-0.39, 0.29) is 23.6 Å². The van der Waals surface area contributed by atoms with Crippen molar-refractivity contribution in [3.8, 4) is 0 Å². The van der Waals surface area contributed by atoms with Gasteiger partial charge in [0.1, 0.15) is 12.1 Å². The Kier molecular flexibility index (Phi) is 10.4. The molecule has 25 heavy (non-hydrogen) atoms. The lowest BCUT2D eigenvalue weighted by Gasteiger charge is -2.31. The van der Waals surface area contributed by atoms with Crippen LogP contribution in [0.2, 0.25) is 0 Å². The van der Waals surface area contributed by atoms with Gasteiger partial charge in [-0.05, 0) is 37.1 Å². The van der Waals surface area contributed by atoms with E-state index in [4.69, 9.17) is 5.73 Å². The molecule has 0 saturated carbocycles. The van der Waals surface area contributed by atoms with Crippen LogP contribution in [0.5, 0.6) is 0 Å². The first kappa shape index (κ1) is 23.4. The summed E-state index contributed by atoms with van der Waals surface area (Å²) in [5, 5.41) is 8.18. The zero-order valence-electron chi connectivity index (χ0n) is 16.6. The van der Waals surface area contributed by atoms with Gasteiger partial charge >= 0.3 is 0 Å². The Labute approximate surface area is 151 Å². The van der Waals surface area contributed by atoms with Gasteiger partial charge in [0.2, 0.25) is 17.7 Å². The molecule has 0 aliphatic heterocycles. The van der Waals surface area contributed by atoms with Gasteiger partial charge in [-0.1, -0.05) is 34.6 Å². The van der Waals surface area contributed by atoms with Crippen molar-refractivity contribution in [1.29, 1.82) is 0 Å². The van der Waals surface area contributed by atoms with Crippen molar-refractivity contribution < 1.29 is 14.4 Å². The number of unbranched alkanes of at least 4 members (excludes halogenated alkanes) is 1. The van der Waals surface area contributed by atoms with E-state index in [1.165, 1.54) is 7.05 Å². The van der Waals surface area contributed by atoms with Gasteiger partial charge < -0.3 is 21.7 Å². The van der Waals surface area contributed by atoms with E-state index in [9.17, 15) is 14.4 Å². The Hall–Kier alpha value is -1.63. The fourth-order valence-corrected chi connectivity index (χ4v) is 2.46. The largest absolute Gasteiger partial charge is 0.357 e. The zero-order valence-corrected chi connectivity index (χ0v) is 16.6. The van der Waals surface area contributed by atoms with Gasteiger partial charge in [0.25, 0.3) is 0 Å². The molecule has 0 radical (unpaired) electrons. The summed E-state index contributed by atoms with van der Waals surface area (Å²) >= 11 is 0. The van der Waals surface area contributed by atoms with Crippen LogP contribution in [0.3, 0.4) is 0 Å². The molecule has 0 aromatic rings. The average molecular weight is 357 g/mol. The third kappa shape index (κ3) is 9.43. The number of nitrogens with two attached hydrogens (primary N) is 1. The molecule has 7 nitrogen and oxygen atoms in total. The first-order valence-electron chi connectivity index (χ1n) is 9.04. The van der Waals surface area contributed by atoms with Crippen molar-refractivity contribution in [1.82, 2.24) is 16.0 Å². The Morgan fingerprint density at radius 1 is 1.00 bits per heavy atom. The minimum absolute atomic E-state index is 0.165. The second-order valence-electron chi connectivity index (χ2n) is 7.92. The highest BCUT2D eigenvalue weighted by Gasteiger charge is 2.34. The molecule has 0 bridgehead atoms. The van der Waals surface area contributed by atoms with Crippen LogP contribution in [0.25, 0.3) is 0 Å². The molecule has 0 aliphatic rings. The molecular weight excluding hydrogens is 320 g/mol. The third-order valence-electron chi connectivity index (χ3n) is 3.88. The molecule has 0 spiro atoms. The van der Waals surface area contributed by atoms with Crippen LogP contribution in [0.1, 0.15) is 60.3 Å². The van der Waals surface area contributed by atoms with Crippen LogP contribution >= 0.6 is 0 Å². The maximum Gasteiger partial charge on any atom is 0.243 e. The monoisotopic (exact) mass is 356 g/mol. The molecule has 146 valence electrons. The molecule has 0 aromatic heterocycles. The molecule has 7 heteroatoms. The lowest BCUT2D eigenvalue weighted by molar-refractivity contribution is -0.134. The Morgan fingerprint density at radius 2 is 1.60 bits per heavy atom. The molecule has 2 atom stereocenters. The van der Waals surface area contributed by atoms with Crippen LogP contribution in [0.4, 0.5) is 0 Å². The maximum absolute atomic E-state index is 12.7. The van der Waals surface area contributed by atoms with Gasteiger partial charge in [-0.3, -0.25) is 14.4 Å². The second-order valence-corrected chi connectivity index (χ2v) is 7.92. The Morgan fingerprint density at radius 3 is 2.04 bits per heavy atom. The minimum Gasteiger partial charge on any atom is -0.357 e. The van der Waals surface area contributed by atoms with E-state index >= 15 is 0 Å². The minimum atomic E-state index is -0.672. The van der Waals surface area contributed by atoms with E-state index in [1.807, 2.05) is 34.6 Å². The molecule has 0 aliphatic carbocycles. The normalized spacial score (nSPS) is 13.9. The number of likely N-dealkylation sites (N-methyl/N-ethyl adjacent to an activating group) is 1. The van der Waals surface area contributed by atoms with Crippen LogP contribution in [-0.4, -0.2) is 43.4 Å². The summed E-state index contributed by atoms with van der Waals surface area (Å²) in [4.78, 5) is 36.9. The SMILES string of the molecule is CNC(=O)[C@@H](NC(=O)[C@H](CC(C)C)NC(=O)CCCCN)C(C)(C)C. The van der Waals surface area contributed by atoms with E-state index < -0.39 is 17.5 Å². The summed E-state index contributed by atoms with van der Waals surface area (Å²) in [6.07, 6.45) is 2.33. The molecule has 0 rings (SSSR count). The Bertz CT molecular complexity index is 444. The van der Waals surface area contributed by atoms with Gasteiger partial charge in [-0.2, -0.15) is 0 Å². The van der Waals surface area contributed by atoms with Gasteiger partial charge in [0.05, 0.1) is 0 Å². The van der Waals surface area contributed by atoms with E-state index in [0.29, 0.717) is 25.8 Å². The van der Waals surface area contributed by atoms with Crippen LogP contribution in [0, 0.1) is 11.3 Å². The Balaban J connectivity index is 5.02. The second kappa shape index (κ2) is 11.1. The van der Waals surface area contributed by atoms with Crippen LogP contribution < -0.4 is 21.7 Å². The molecule has 0 aromatic carbocycles. The fraction of sp³-hybridized carbons (Fsp3) is 0.833. The molecule has 0 unspecified atom stereocenters. The third-order valence-corrected chi connectivity index (χ3v) is 3.88.